The van der Waals surface area contributed by atoms with Crippen molar-refractivity contribution in [2.75, 3.05) is 17.7 Å². The number of fused-ring (bicyclic) bond motifs is 1. The fourth-order valence-corrected chi connectivity index (χ4v) is 3.74. The van der Waals surface area contributed by atoms with Crippen LogP contribution in [0, 0.1) is 0 Å². The molecular formula is C21H18N4O3S. The molecule has 2 aromatic carbocycles. The summed E-state index contributed by atoms with van der Waals surface area (Å²) < 4.78 is 6.97. The first-order valence-electron chi connectivity index (χ1n) is 8.83. The van der Waals surface area contributed by atoms with E-state index < -0.39 is 0 Å². The third-order valence-electron chi connectivity index (χ3n) is 4.29. The molecule has 0 spiro atoms. The van der Waals surface area contributed by atoms with Crippen LogP contribution in [0.25, 0.3) is 16.2 Å². The lowest BCUT2D eigenvalue weighted by Crippen LogP contribution is -2.14. The number of carbonyl (C=O) groups excluding carboxylic acids is 2. The van der Waals surface area contributed by atoms with Crippen molar-refractivity contribution >= 4 is 39.5 Å². The zero-order valence-corrected chi connectivity index (χ0v) is 16.6. The highest BCUT2D eigenvalue weighted by atomic mass is 32.1. The van der Waals surface area contributed by atoms with E-state index in [0.717, 1.165) is 22.0 Å². The lowest BCUT2D eigenvalue weighted by atomic mass is 10.2. The van der Waals surface area contributed by atoms with Gasteiger partial charge < -0.3 is 15.4 Å². The first kappa shape index (κ1) is 18.7. The van der Waals surface area contributed by atoms with Crippen LogP contribution in [0.3, 0.4) is 0 Å². The Morgan fingerprint density at radius 2 is 1.66 bits per heavy atom. The number of aromatic nitrogens is 2. The number of nitrogens with zero attached hydrogens (tertiary/aromatic N) is 2. The Morgan fingerprint density at radius 1 is 1.00 bits per heavy atom. The second-order valence-corrected chi connectivity index (χ2v) is 7.18. The predicted molar refractivity (Wildman–Crippen MR) is 114 cm³/mol. The lowest BCUT2D eigenvalue weighted by molar-refractivity contribution is -0.114. The van der Waals surface area contributed by atoms with Gasteiger partial charge in [0.1, 0.15) is 11.4 Å². The molecule has 0 bridgehead atoms. The van der Waals surface area contributed by atoms with E-state index in [0.29, 0.717) is 17.1 Å². The summed E-state index contributed by atoms with van der Waals surface area (Å²) in [5.74, 6) is 0.400. The van der Waals surface area contributed by atoms with E-state index in [-0.39, 0.29) is 11.8 Å². The minimum absolute atomic E-state index is 0.143. The zero-order valence-electron chi connectivity index (χ0n) is 15.8. The van der Waals surface area contributed by atoms with Crippen LogP contribution in [0.2, 0.25) is 0 Å². The van der Waals surface area contributed by atoms with Crippen molar-refractivity contribution in [1.82, 2.24) is 9.38 Å². The highest BCUT2D eigenvalue weighted by Gasteiger charge is 2.15. The Labute approximate surface area is 171 Å². The summed E-state index contributed by atoms with van der Waals surface area (Å²) in [5.41, 5.74) is 3.55. The second kappa shape index (κ2) is 7.76. The van der Waals surface area contributed by atoms with E-state index >= 15 is 0 Å². The minimum atomic E-state index is -0.234. The van der Waals surface area contributed by atoms with E-state index in [9.17, 15) is 9.59 Å². The number of imidazole rings is 1. The average molecular weight is 406 g/mol. The van der Waals surface area contributed by atoms with E-state index in [1.165, 1.54) is 18.3 Å². The molecule has 2 N–H and O–H groups in total. The highest BCUT2D eigenvalue weighted by Crippen LogP contribution is 2.26. The Morgan fingerprint density at radius 3 is 2.28 bits per heavy atom. The van der Waals surface area contributed by atoms with Gasteiger partial charge in [-0.15, -0.1) is 11.3 Å². The van der Waals surface area contributed by atoms with Gasteiger partial charge in [0.2, 0.25) is 5.91 Å². The zero-order chi connectivity index (χ0) is 20.4. The molecule has 0 atom stereocenters. The summed E-state index contributed by atoms with van der Waals surface area (Å²) in [5, 5.41) is 7.34. The van der Waals surface area contributed by atoms with Crippen LogP contribution >= 0.6 is 11.3 Å². The summed E-state index contributed by atoms with van der Waals surface area (Å²) in [6, 6.07) is 14.6. The van der Waals surface area contributed by atoms with Gasteiger partial charge in [0.25, 0.3) is 5.91 Å². The largest absolute Gasteiger partial charge is 0.497 e. The molecule has 2 amide bonds. The Kier molecular flexibility index (Phi) is 5.01. The fourth-order valence-electron chi connectivity index (χ4n) is 2.88. The number of hydrogen-bond donors (Lipinski definition) is 2. The lowest BCUT2D eigenvalue weighted by Gasteiger charge is -2.06. The van der Waals surface area contributed by atoms with Crippen molar-refractivity contribution in [3.63, 3.8) is 0 Å². The van der Waals surface area contributed by atoms with Crippen molar-refractivity contribution in [3.8, 4) is 17.0 Å². The van der Waals surface area contributed by atoms with Gasteiger partial charge in [-0.05, 0) is 48.5 Å². The van der Waals surface area contributed by atoms with Gasteiger partial charge in [-0.1, -0.05) is 0 Å². The highest BCUT2D eigenvalue weighted by molar-refractivity contribution is 7.15. The maximum atomic E-state index is 12.7. The molecule has 146 valence electrons. The van der Waals surface area contributed by atoms with Crippen LogP contribution in [-0.2, 0) is 4.79 Å². The maximum Gasteiger partial charge on any atom is 0.273 e. The van der Waals surface area contributed by atoms with Gasteiger partial charge in [-0.2, -0.15) is 0 Å². The molecule has 4 aromatic rings. The molecule has 0 saturated heterocycles. The van der Waals surface area contributed by atoms with Crippen molar-refractivity contribution in [1.29, 1.82) is 0 Å². The molecule has 29 heavy (non-hydrogen) atoms. The summed E-state index contributed by atoms with van der Waals surface area (Å²) in [7, 11) is 1.62. The minimum Gasteiger partial charge on any atom is -0.497 e. The Balaban J connectivity index is 1.54. The van der Waals surface area contributed by atoms with Gasteiger partial charge in [0, 0.05) is 35.4 Å². The molecule has 0 radical (unpaired) electrons. The number of carbonyl (C=O) groups is 2. The molecule has 2 aromatic heterocycles. The molecule has 8 heteroatoms. The first-order chi connectivity index (χ1) is 14.0. The van der Waals surface area contributed by atoms with E-state index in [2.05, 4.69) is 15.6 Å². The second-order valence-electron chi connectivity index (χ2n) is 6.34. The predicted octanol–water partition coefficient (Wildman–Crippen LogP) is 4.28. The molecule has 0 saturated carbocycles. The van der Waals surface area contributed by atoms with Crippen molar-refractivity contribution in [2.45, 2.75) is 6.92 Å². The standard InChI is InChI=1S/C21H18N4O3S/c1-13(26)22-15-5-7-16(8-6-15)23-20(27)19-12-29-21-24-18(11-25(19)21)14-3-9-17(28-2)10-4-14/h3-12H,1-2H3,(H,22,26)(H,23,27). The molecule has 0 aliphatic carbocycles. The summed E-state index contributed by atoms with van der Waals surface area (Å²) in [6.07, 6.45) is 1.85. The van der Waals surface area contributed by atoms with Crippen molar-refractivity contribution in [3.05, 3.63) is 65.8 Å². The first-order valence-corrected chi connectivity index (χ1v) is 9.71. The molecule has 0 fully saturated rings. The van der Waals surface area contributed by atoms with Crippen LogP contribution in [0.1, 0.15) is 17.4 Å². The third kappa shape index (κ3) is 3.97. The number of amides is 2. The molecule has 0 unspecified atom stereocenters. The van der Waals surface area contributed by atoms with Crippen molar-refractivity contribution in [2.24, 2.45) is 0 Å². The topological polar surface area (TPSA) is 84.7 Å². The van der Waals surface area contributed by atoms with Gasteiger partial charge in [0.15, 0.2) is 4.96 Å². The van der Waals surface area contributed by atoms with Crippen LogP contribution in [0.4, 0.5) is 11.4 Å². The number of thiazole rings is 1. The van der Waals surface area contributed by atoms with Crippen LogP contribution < -0.4 is 15.4 Å². The number of benzene rings is 2. The number of methoxy groups -OCH3 is 1. The normalized spacial score (nSPS) is 10.7. The van der Waals surface area contributed by atoms with E-state index in [4.69, 9.17) is 4.74 Å². The van der Waals surface area contributed by atoms with Crippen LogP contribution in [0.5, 0.6) is 5.75 Å². The number of hydrogen-bond acceptors (Lipinski definition) is 5. The van der Waals surface area contributed by atoms with Gasteiger partial charge in [0.05, 0.1) is 12.8 Å². The third-order valence-corrected chi connectivity index (χ3v) is 5.13. The smallest absolute Gasteiger partial charge is 0.273 e. The monoisotopic (exact) mass is 406 g/mol. The number of ether oxygens (including phenoxy) is 1. The molecule has 0 aliphatic heterocycles. The molecule has 2 heterocycles. The SMILES string of the molecule is COc1ccc(-c2cn3c(C(=O)Nc4ccc(NC(C)=O)cc4)csc3n2)cc1. The number of nitrogens with one attached hydrogen (secondary N) is 2. The van der Waals surface area contributed by atoms with Gasteiger partial charge >= 0.3 is 0 Å². The molecule has 0 aliphatic rings. The summed E-state index contributed by atoms with van der Waals surface area (Å²) in [6.45, 7) is 1.45. The average Bonchev–Trinajstić information content (AvgIpc) is 3.30. The van der Waals surface area contributed by atoms with Gasteiger partial charge in [-0.25, -0.2) is 4.98 Å². The Hall–Kier alpha value is -3.65. The Bertz CT molecular complexity index is 1180. The van der Waals surface area contributed by atoms with Gasteiger partial charge in [-0.3, -0.25) is 14.0 Å². The number of rotatable bonds is 5. The summed E-state index contributed by atoms with van der Waals surface area (Å²) in [4.78, 5) is 29.2. The summed E-state index contributed by atoms with van der Waals surface area (Å²) >= 11 is 1.40. The van der Waals surface area contributed by atoms with E-state index in [1.807, 2.05) is 30.5 Å². The van der Waals surface area contributed by atoms with Crippen molar-refractivity contribution < 1.29 is 14.3 Å². The number of anilines is 2. The van der Waals surface area contributed by atoms with Crippen LogP contribution in [0.15, 0.2) is 60.1 Å². The van der Waals surface area contributed by atoms with Crippen LogP contribution in [-0.4, -0.2) is 28.3 Å². The maximum absolute atomic E-state index is 12.7. The molecular weight excluding hydrogens is 388 g/mol. The quantitative estimate of drug-likeness (QED) is 0.518. The fraction of sp³-hybridized carbons (Fsp3) is 0.0952. The molecule has 7 nitrogen and oxygen atoms in total. The van der Waals surface area contributed by atoms with E-state index in [1.54, 1.807) is 41.2 Å². The molecule has 4 rings (SSSR count).